The molecule has 0 amide bonds. The number of methoxy groups -OCH3 is 1. The maximum absolute atomic E-state index is 5.62. The zero-order valence-electron chi connectivity index (χ0n) is 8.94. The lowest BCUT2D eigenvalue weighted by atomic mass is 10.2. The summed E-state index contributed by atoms with van der Waals surface area (Å²) in [5, 5.41) is 0. The Morgan fingerprint density at radius 1 is 1.25 bits per heavy atom. The van der Waals surface area contributed by atoms with Gasteiger partial charge in [-0.1, -0.05) is 6.92 Å². The Kier molecular flexibility index (Phi) is 5.46. The molecular weight excluding hydrogens is 154 g/mol. The Labute approximate surface area is 75.6 Å². The van der Waals surface area contributed by atoms with Crippen LogP contribution >= 0.6 is 0 Å². The number of ether oxygens (including phenoxy) is 2. The summed E-state index contributed by atoms with van der Waals surface area (Å²) < 4.78 is 11.0. The van der Waals surface area contributed by atoms with Crippen LogP contribution in [0.3, 0.4) is 0 Å². The fraction of sp³-hybridized carbons (Fsp3) is 1.00. The number of rotatable bonds is 6. The van der Waals surface area contributed by atoms with Crippen LogP contribution in [0.5, 0.6) is 0 Å². The molecule has 0 spiro atoms. The first kappa shape index (κ1) is 11.9. The van der Waals surface area contributed by atoms with Gasteiger partial charge in [-0.15, -0.1) is 0 Å². The number of hydrogen-bond acceptors (Lipinski definition) is 2. The van der Waals surface area contributed by atoms with E-state index in [9.17, 15) is 0 Å². The number of hydrogen-bond donors (Lipinski definition) is 1. The maximum atomic E-state index is 5.62. The Morgan fingerprint density at radius 2 is 1.83 bits per heavy atom. The van der Waals surface area contributed by atoms with Gasteiger partial charge in [0.2, 0.25) is 0 Å². The van der Waals surface area contributed by atoms with E-state index < -0.39 is 5.91 Å². The predicted octanol–water partition coefficient (Wildman–Crippen LogP) is 0.268. The molecule has 1 unspecified atom stereocenters. The molecule has 0 aliphatic carbocycles. The van der Waals surface area contributed by atoms with E-state index >= 15 is 0 Å². The van der Waals surface area contributed by atoms with Crippen LogP contribution in [0, 0.1) is 0 Å². The van der Waals surface area contributed by atoms with Crippen LogP contribution in [0.15, 0.2) is 0 Å². The molecule has 3 heteroatoms. The van der Waals surface area contributed by atoms with Gasteiger partial charge in [-0.05, 0) is 13.3 Å². The van der Waals surface area contributed by atoms with Crippen LogP contribution in [0.4, 0.5) is 0 Å². The zero-order valence-corrected chi connectivity index (χ0v) is 8.94. The molecule has 1 N–H and O–H groups in total. The minimum Gasteiger partial charge on any atom is -0.307 e. The van der Waals surface area contributed by atoms with Gasteiger partial charge in [0.25, 0.3) is 0 Å². The van der Waals surface area contributed by atoms with E-state index in [1.807, 2.05) is 6.92 Å². The topological polar surface area (TPSA) is 22.9 Å². The third kappa shape index (κ3) is 2.73. The Morgan fingerprint density at radius 3 is 2.08 bits per heavy atom. The van der Waals surface area contributed by atoms with E-state index in [4.69, 9.17) is 9.47 Å². The Balaban J connectivity index is 4.28. The molecule has 0 rings (SSSR count). The van der Waals surface area contributed by atoms with Crippen molar-refractivity contribution in [2.24, 2.45) is 0 Å². The largest absolute Gasteiger partial charge is 0.316 e. The van der Waals surface area contributed by atoms with Crippen molar-refractivity contribution < 1.29 is 14.4 Å². The minimum absolute atomic E-state index is 0.441. The van der Waals surface area contributed by atoms with Gasteiger partial charge < -0.3 is 9.47 Å². The van der Waals surface area contributed by atoms with Crippen molar-refractivity contribution in [2.45, 2.75) is 32.6 Å². The SMILES string of the molecule is CCCC(OC)(OCC)[NH+](C)C. The summed E-state index contributed by atoms with van der Waals surface area (Å²) in [7, 11) is 5.81. The van der Waals surface area contributed by atoms with Crippen LogP contribution in [-0.4, -0.2) is 33.7 Å². The second-order valence-electron chi connectivity index (χ2n) is 3.14. The van der Waals surface area contributed by atoms with Gasteiger partial charge in [-0.2, -0.15) is 0 Å². The first-order valence-electron chi connectivity index (χ1n) is 4.62. The third-order valence-electron chi connectivity index (χ3n) is 2.05. The lowest BCUT2D eigenvalue weighted by molar-refractivity contribution is -0.976. The van der Waals surface area contributed by atoms with Crippen molar-refractivity contribution >= 4 is 0 Å². The smallest absolute Gasteiger partial charge is 0.307 e. The molecular formula is C9H22NO2+. The highest BCUT2D eigenvalue weighted by Gasteiger charge is 2.36. The Bertz CT molecular complexity index is 109. The highest BCUT2D eigenvalue weighted by atomic mass is 16.7. The van der Waals surface area contributed by atoms with Gasteiger partial charge in [0.05, 0.1) is 27.1 Å². The van der Waals surface area contributed by atoms with Crippen molar-refractivity contribution in [2.75, 3.05) is 27.8 Å². The summed E-state index contributed by atoms with van der Waals surface area (Å²) in [6, 6.07) is 0. The summed E-state index contributed by atoms with van der Waals surface area (Å²) in [6.07, 6.45) is 2.00. The first-order valence-corrected chi connectivity index (χ1v) is 4.62. The molecule has 74 valence electrons. The van der Waals surface area contributed by atoms with Crippen LogP contribution in [0.2, 0.25) is 0 Å². The van der Waals surface area contributed by atoms with Crippen LogP contribution in [-0.2, 0) is 9.47 Å². The molecule has 0 aromatic carbocycles. The summed E-state index contributed by atoms with van der Waals surface area (Å²) >= 11 is 0. The van der Waals surface area contributed by atoms with Gasteiger partial charge in [-0.3, -0.25) is 4.90 Å². The fourth-order valence-electron chi connectivity index (χ4n) is 1.39. The summed E-state index contributed by atoms with van der Waals surface area (Å²) in [5.74, 6) is -0.441. The van der Waals surface area contributed by atoms with Gasteiger partial charge >= 0.3 is 5.91 Å². The average molecular weight is 176 g/mol. The minimum atomic E-state index is -0.441. The van der Waals surface area contributed by atoms with E-state index in [0.717, 1.165) is 12.8 Å². The van der Waals surface area contributed by atoms with Crippen molar-refractivity contribution in [3.05, 3.63) is 0 Å². The molecule has 0 fully saturated rings. The summed E-state index contributed by atoms with van der Waals surface area (Å²) in [5.41, 5.74) is 0. The maximum Gasteiger partial charge on any atom is 0.316 e. The standard InChI is InChI=1S/C9H21NO2/c1-6-8-9(11-5,10(3)4)12-7-2/h6-8H2,1-5H3/p+1. The average Bonchev–Trinajstić information content (AvgIpc) is 2.03. The van der Waals surface area contributed by atoms with Crippen molar-refractivity contribution in [3.8, 4) is 0 Å². The van der Waals surface area contributed by atoms with Crippen molar-refractivity contribution in [1.29, 1.82) is 0 Å². The monoisotopic (exact) mass is 176 g/mol. The van der Waals surface area contributed by atoms with Crippen LogP contribution in [0.1, 0.15) is 26.7 Å². The van der Waals surface area contributed by atoms with E-state index in [-0.39, 0.29) is 0 Å². The van der Waals surface area contributed by atoms with Crippen LogP contribution < -0.4 is 4.90 Å². The molecule has 0 aromatic heterocycles. The van der Waals surface area contributed by atoms with Crippen molar-refractivity contribution in [3.63, 3.8) is 0 Å². The second-order valence-corrected chi connectivity index (χ2v) is 3.14. The normalized spacial score (nSPS) is 16.5. The Hall–Kier alpha value is -0.120. The molecule has 0 aliphatic heterocycles. The van der Waals surface area contributed by atoms with Gasteiger partial charge in [0, 0.05) is 7.11 Å². The molecule has 0 radical (unpaired) electrons. The third-order valence-corrected chi connectivity index (χ3v) is 2.05. The molecule has 3 nitrogen and oxygen atoms in total. The highest BCUT2D eigenvalue weighted by Crippen LogP contribution is 2.10. The van der Waals surface area contributed by atoms with Gasteiger partial charge in [-0.25, -0.2) is 0 Å². The molecule has 0 saturated carbocycles. The van der Waals surface area contributed by atoms with E-state index in [1.165, 1.54) is 4.90 Å². The molecule has 0 bridgehead atoms. The number of quaternary nitrogens is 1. The summed E-state index contributed by atoms with van der Waals surface area (Å²) in [4.78, 5) is 1.19. The predicted molar refractivity (Wildman–Crippen MR) is 49.1 cm³/mol. The quantitative estimate of drug-likeness (QED) is 0.587. The lowest BCUT2D eigenvalue weighted by Crippen LogP contribution is -3.16. The van der Waals surface area contributed by atoms with E-state index in [0.29, 0.717) is 6.61 Å². The molecule has 1 atom stereocenters. The highest BCUT2D eigenvalue weighted by molar-refractivity contribution is 4.51. The molecule has 12 heavy (non-hydrogen) atoms. The first-order chi connectivity index (χ1) is 5.63. The van der Waals surface area contributed by atoms with E-state index in [2.05, 4.69) is 21.0 Å². The molecule has 0 heterocycles. The summed E-state index contributed by atoms with van der Waals surface area (Å²) in [6.45, 7) is 4.82. The second kappa shape index (κ2) is 5.51. The fourth-order valence-corrected chi connectivity index (χ4v) is 1.39. The zero-order chi connectivity index (χ0) is 9.61. The van der Waals surface area contributed by atoms with E-state index in [1.54, 1.807) is 7.11 Å². The van der Waals surface area contributed by atoms with Gasteiger partial charge in [0.15, 0.2) is 0 Å². The molecule has 0 aromatic rings. The van der Waals surface area contributed by atoms with Gasteiger partial charge in [0.1, 0.15) is 0 Å². The molecule has 0 aliphatic rings. The van der Waals surface area contributed by atoms with Crippen molar-refractivity contribution in [1.82, 2.24) is 0 Å². The molecule has 0 saturated heterocycles. The lowest BCUT2D eigenvalue weighted by Gasteiger charge is -2.33. The van der Waals surface area contributed by atoms with Crippen LogP contribution in [0.25, 0.3) is 0 Å². The number of nitrogens with one attached hydrogen (secondary N) is 1.